The van der Waals surface area contributed by atoms with Gasteiger partial charge in [0.2, 0.25) is 0 Å². The van der Waals surface area contributed by atoms with E-state index in [-0.39, 0.29) is 0 Å². The van der Waals surface area contributed by atoms with Gasteiger partial charge in [-0.1, -0.05) is 31.4 Å². The summed E-state index contributed by atoms with van der Waals surface area (Å²) in [5.41, 5.74) is 1.09. The van der Waals surface area contributed by atoms with Gasteiger partial charge in [0.15, 0.2) is 5.11 Å². The number of carbonyl (C=O) groups excluding carboxylic acids is 1. The van der Waals surface area contributed by atoms with Gasteiger partial charge in [0.1, 0.15) is 0 Å². The SMILES string of the molecule is CCCCCNC(=S)Nc1ccc(C(=O)OCC)c(Cl)c1. The Bertz CT molecular complexity index is 495. The number of nitrogens with one attached hydrogen (secondary N) is 2. The molecule has 21 heavy (non-hydrogen) atoms. The Morgan fingerprint density at radius 1 is 1.33 bits per heavy atom. The number of thiocarbonyl (C=S) groups is 1. The molecule has 0 aliphatic carbocycles. The number of hydrogen-bond donors (Lipinski definition) is 2. The molecule has 0 atom stereocenters. The smallest absolute Gasteiger partial charge is 0.339 e. The lowest BCUT2D eigenvalue weighted by molar-refractivity contribution is 0.0526. The summed E-state index contributed by atoms with van der Waals surface area (Å²) in [5.74, 6) is -0.422. The van der Waals surface area contributed by atoms with Crippen LogP contribution < -0.4 is 10.6 Å². The summed E-state index contributed by atoms with van der Waals surface area (Å²) in [4.78, 5) is 11.6. The van der Waals surface area contributed by atoms with Gasteiger partial charge in [0.25, 0.3) is 0 Å². The number of benzene rings is 1. The first kappa shape index (κ1) is 17.7. The van der Waals surface area contributed by atoms with Gasteiger partial charge in [-0.25, -0.2) is 4.79 Å². The maximum Gasteiger partial charge on any atom is 0.339 e. The summed E-state index contributed by atoms with van der Waals surface area (Å²) in [6, 6.07) is 5.04. The van der Waals surface area contributed by atoms with Crippen molar-refractivity contribution >= 4 is 40.6 Å². The van der Waals surface area contributed by atoms with Crippen LogP contribution in [-0.2, 0) is 4.74 Å². The highest BCUT2D eigenvalue weighted by Crippen LogP contribution is 2.21. The minimum atomic E-state index is -0.422. The van der Waals surface area contributed by atoms with E-state index in [2.05, 4.69) is 17.6 Å². The standard InChI is InChI=1S/C15H21ClN2O2S/c1-3-5-6-9-17-15(21)18-11-7-8-12(13(16)10-11)14(19)20-4-2/h7-8,10H,3-6,9H2,1-2H3,(H2,17,18,21). The number of hydrogen-bond acceptors (Lipinski definition) is 3. The molecule has 4 nitrogen and oxygen atoms in total. The van der Waals surface area contributed by atoms with Gasteiger partial charge >= 0.3 is 5.97 Å². The lowest BCUT2D eigenvalue weighted by Crippen LogP contribution is -2.29. The molecule has 0 unspecified atom stereocenters. The predicted molar refractivity (Wildman–Crippen MR) is 91.2 cm³/mol. The molecule has 0 heterocycles. The first-order valence-electron chi connectivity index (χ1n) is 7.10. The topological polar surface area (TPSA) is 50.4 Å². The number of ether oxygens (including phenoxy) is 1. The van der Waals surface area contributed by atoms with Crippen LogP contribution >= 0.6 is 23.8 Å². The molecule has 0 spiro atoms. The van der Waals surface area contributed by atoms with Gasteiger partial charge < -0.3 is 15.4 Å². The third-order valence-electron chi connectivity index (χ3n) is 2.79. The van der Waals surface area contributed by atoms with Gasteiger partial charge in [0.05, 0.1) is 17.2 Å². The number of anilines is 1. The van der Waals surface area contributed by atoms with Gasteiger partial charge in [-0.3, -0.25) is 0 Å². The molecule has 2 N–H and O–H groups in total. The van der Waals surface area contributed by atoms with Gasteiger partial charge in [-0.2, -0.15) is 0 Å². The van der Waals surface area contributed by atoms with Crippen LogP contribution in [0.25, 0.3) is 0 Å². The largest absolute Gasteiger partial charge is 0.462 e. The molecule has 0 aromatic heterocycles. The number of esters is 1. The zero-order valence-electron chi connectivity index (χ0n) is 12.4. The van der Waals surface area contributed by atoms with Crippen molar-refractivity contribution in [3.63, 3.8) is 0 Å². The lowest BCUT2D eigenvalue weighted by Gasteiger charge is -2.11. The van der Waals surface area contributed by atoms with E-state index in [0.717, 1.165) is 18.7 Å². The van der Waals surface area contributed by atoms with Crippen molar-refractivity contribution < 1.29 is 9.53 Å². The van der Waals surface area contributed by atoms with Crippen molar-refractivity contribution in [1.82, 2.24) is 5.32 Å². The fourth-order valence-corrected chi connectivity index (χ4v) is 2.20. The molecule has 1 aromatic rings. The Balaban J connectivity index is 2.55. The molecule has 0 aliphatic rings. The number of rotatable bonds is 7. The van der Waals surface area contributed by atoms with E-state index in [0.29, 0.717) is 22.3 Å². The van der Waals surface area contributed by atoms with Crippen LogP contribution in [0.15, 0.2) is 18.2 Å². The van der Waals surface area contributed by atoms with Crippen molar-refractivity contribution in [2.75, 3.05) is 18.5 Å². The van der Waals surface area contributed by atoms with Gasteiger partial charge in [0, 0.05) is 12.2 Å². The second-order valence-corrected chi connectivity index (χ2v) is 5.32. The molecule has 1 aromatic carbocycles. The Morgan fingerprint density at radius 2 is 2.10 bits per heavy atom. The van der Waals surface area contributed by atoms with Crippen LogP contribution in [0.4, 0.5) is 5.69 Å². The van der Waals surface area contributed by atoms with Crippen LogP contribution in [0.2, 0.25) is 5.02 Å². The normalized spacial score (nSPS) is 10.0. The number of carbonyl (C=O) groups is 1. The van der Waals surface area contributed by atoms with Gasteiger partial charge in [-0.05, 0) is 43.8 Å². The van der Waals surface area contributed by atoms with Crippen molar-refractivity contribution in [2.24, 2.45) is 0 Å². The first-order valence-corrected chi connectivity index (χ1v) is 7.88. The van der Waals surface area contributed by atoms with Crippen LogP contribution in [-0.4, -0.2) is 24.2 Å². The molecule has 0 saturated heterocycles. The first-order chi connectivity index (χ1) is 10.1. The molecule has 0 radical (unpaired) electrons. The van der Waals surface area contributed by atoms with E-state index >= 15 is 0 Å². The summed E-state index contributed by atoms with van der Waals surface area (Å²) >= 11 is 11.3. The molecule has 0 fully saturated rings. The maximum atomic E-state index is 11.6. The molecule has 116 valence electrons. The lowest BCUT2D eigenvalue weighted by atomic mass is 10.2. The molecular formula is C15H21ClN2O2S. The highest BCUT2D eigenvalue weighted by atomic mass is 35.5. The summed E-state index contributed by atoms with van der Waals surface area (Å²) in [6.45, 7) is 5.07. The molecule has 0 bridgehead atoms. The molecule has 1 rings (SSSR count). The average Bonchev–Trinajstić information content (AvgIpc) is 2.44. The zero-order chi connectivity index (χ0) is 15.7. The van der Waals surface area contributed by atoms with Crippen LogP contribution in [0.1, 0.15) is 43.5 Å². The minimum absolute atomic E-state index is 0.320. The minimum Gasteiger partial charge on any atom is -0.462 e. The van der Waals surface area contributed by atoms with E-state index in [9.17, 15) is 4.79 Å². The molecule has 0 amide bonds. The predicted octanol–water partition coefficient (Wildman–Crippen LogP) is 3.99. The second-order valence-electron chi connectivity index (χ2n) is 4.50. The Labute approximate surface area is 136 Å². The quantitative estimate of drug-likeness (QED) is 0.450. The maximum absolute atomic E-state index is 11.6. The average molecular weight is 329 g/mol. The third-order valence-corrected chi connectivity index (χ3v) is 3.35. The summed E-state index contributed by atoms with van der Waals surface area (Å²) in [5, 5.41) is 7.06. The van der Waals surface area contributed by atoms with E-state index < -0.39 is 5.97 Å². The Morgan fingerprint density at radius 3 is 2.71 bits per heavy atom. The molecule has 6 heteroatoms. The van der Waals surface area contributed by atoms with Crippen LogP contribution in [0, 0.1) is 0 Å². The second kappa shape index (κ2) is 9.58. The summed E-state index contributed by atoms with van der Waals surface area (Å²) < 4.78 is 4.92. The van der Waals surface area contributed by atoms with E-state index in [4.69, 9.17) is 28.6 Å². The molecule has 0 saturated carbocycles. The fraction of sp³-hybridized carbons (Fsp3) is 0.467. The Kier molecular flexibility index (Phi) is 8.08. The van der Waals surface area contributed by atoms with E-state index in [1.165, 1.54) is 12.8 Å². The third kappa shape index (κ3) is 6.31. The monoisotopic (exact) mass is 328 g/mol. The highest BCUT2D eigenvalue weighted by Gasteiger charge is 2.11. The zero-order valence-corrected chi connectivity index (χ0v) is 13.9. The highest BCUT2D eigenvalue weighted by molar-refractivity contribution is 7.80. The summed E-state index contributed by atoms with van der Waals surface area (Å²) in [6.07, 6.45) is 3.43. The molecular weight excluding hydrogens is 308 g/mol. The van der Waals surface area contributed by atoms with Crippen molar-refractivity contribution in [2.45, 2.75) is 33.1 Å². The Hall–Kier alpha value is -1.33. The van der Waals surface area contributed by atoms with Crippen molar-refractivity contribution in [3.05, 3.63) is 28.8 Å². The van der Waals surface area contributed by atoms with Crippen LogP contribution in [0.3, 0.4) is 0 Å². The number of halogens is 1. The fourth-order valence-electron chi connectivity index (χ4n) is 1.72. The van der Waals surface area contributed by atoms with E-state index in [1.807, 2.05) is 0 Å². The van der Waals surface area contributed by atoms with E-state index in [1.54, 1.807) is 25.1 Å². The molecule has 0 aliphatic heterocycles. The van der Waals surface area contributed by atoms with Crippen molar-refractivity contribution in [3.8, 4) is 0 Å². The van der Waals surface area contributed by atoms with Crippen LogP contribution in [0.5, 0.6) is 0 Å². The van der Waals surface area contributed by atoms with Gasteiger partial charge in [-0.15, -0.1) is 0 Å². The summed E-state index contributed by atoms with van der Waals surface area (Å²) in [7, 11) is 0. The van der Waals surface area contributed by atoms with Crippen molar-refractivity contribution in [1.29, 1.82) is 0 Å². The number of unbranched alkanes of at least 4 members (excludes halogenated alkanes) is 2.